The first kappa shape index (κ1) is 82.3. The SMILES string of the molecule is CCCOc1nn(C(=O)NS(=O)(=O)c2ccccc2C(=O)OC)c(=O)n1C.CCOC(=O)C1=NN(c2ccc(Cl)cc2Cl)C(C)(C(=O)OCC)C1.CCc1cc(C)cc(CC)c1-c1c(OC(=O)C(C)(C)C)n2n(c1=O)CCOCC2.Cc1c(C(=O)c2c[nH]n(C)c2=O)ccc(S(C)(=O)=O)c1C1=NOCC1. The maximum Gasteiger partial charge on any atom is 0.360 e. The molecular formula is C70H85Cl2N11O20S2. The van der Waals surface area contributed by atoms with Gasteiger partial charge in [-0.3, -0.25) is 23.9 Å². The Morgan fingerprint density at radius 2 is 1.41 bits per heavy atom. The molecule has 2 N–H and O–H groups in total. The van der Waals surface area contributed by atoms with Crippen LogP contribution in [0.1, 0.15) is 136 Å². The van der Waals surface area contributed by atoms with Gasteiger partial charge in [0.1, 0.15) is 28.3 Å². The number of hydrogen-bond donors (Lipinski definition) is 2. The molecule has 10 rings (SSSR count). The Labute approximate surface area is 615 Å². The van der Waals surface area contributed by atoms with Crippen molar-refractivity contribution in [2.45, 2.75) is 137 Å². The summed E-state index contributed by atoms with van der Waals surface area (Å²) in [6.07, 6.45) is 5.19. The van der Waals surface area contributed by atoms with E-state index >= 15 is 0 Å². The Bertz CT molecular complexity index is 4960. The number of fused-ring (bicyclic) bond motifs is 1. The van der Waals surface area contributed by atoms with Gasteiger partial charge >= 0.3 is 41.6 Å². The highest BCUT2D eigenvalue weighted by molar-refractivity contribution is 7.91. The van der Waals surface area contributed by atoms with Crippen molar-refractivity contribution in [1.29, 1.82) is 0 Å². The zero-order valence-corrected chi connectivity index (χ0v) is 64.0. The predicted octanol–water partition coefficient (Wildman–Crippen LogP) is 8.06. The number of sulfone groups is 1. The van der Waals surface area contributed by atoms with Gasteiger partial charge in [-0.15, -0.1) is 9.78 Å². The number of benzene rings is 4. The number of aryl methyl sites for hydroxylation is 4. The molecule has 1 amide bonds. The maximum absolute atomic E-state index is 13.5. The highest BCUT2D eigenvalue weighted by Crippen LogP contribution is 2.40. The number of halogens is 2. The topological polar surface area (TPSA) is 380 Å². The van der Waals surface area contributed by atoms with Crippen LogP contribution in [-0.2, 0) is 98.1 Å². The van der Waals surface area contributed by atoms with Crippen LogP contribution in [0, 0.1) is 19.3 Å². The minimum absolute atomic E-state index is 0.00623. The second-order valence-electron chi connectivity index (χ2n) is 25.2. The fraction of sp³-hybridized carbons (Fsp3) is 0.429. The molecule has 0 fully saturated rings. The van der Waals surface area contributed by atoms with E-state index in [0.29, 0.717) is 94.4 Å². The Morgan fingerprint density at radius 3 is 1.97 bits per heavy atom. The molecule has 4 aromatic carbocycles. The molecule has 0 aliphatic carbocycles. The number of ether oxygens (including phenoxy) is 6. The number of esters is 4. The van der Waals surface area contributed by atoms with E-state index in [1.165, 1.54) is 65.9 Å². The molecule has 3 aliphatic heterocycles. The number of aromatic nitrogens is 7. The van der Waals surface area contributed by atoms with Crippen LogP contribution in [0.2, 0.25) is 10.0 Å². The number of ketones is 1. The molecule has 105 heavy (non-hydrogen) atoms. The fourth-order valence-electron chi connectivity index (χ4n) is 11.1. The third-order valence-electron chi connectivity index (χ3n) is 16.4. The zero-order chi connectivity index (χ0) is 77.8. The summed E-state index contributed by atoms with van der Waals surface area (Å²) in [7, 11) is -4.08. The van der Waals surface area contributed by atoms with Gasteiger partial charge in [-0.05, 0) is 139 Å². The van der Waals surface area contributed by atoms with Crippen molar-refractivity contribution in [2.75, 3.05) is 58.0 Å². The fourth-order valence-corrected chi connectivity index (χ4v) is 13.7. The van der Waals surface area contributed by atoms with Crippen LogP contribution in [-0.4, -0.2) is 156 Å². The Morgan fingerprint density at radius 1 is 0.762 bits per heavy atom. The second-order valence-corrected chi connectivity index (χ2v) is 29.6. The quantitative estimate of drug-likeness (QED) is 0.0439. The highest BCUT2D eigenvalue weighted by atomic mass is 35.5. The van der Waals surface area contributed by atoms with Crippen molar-refractivity contribution >= 4 is 95.9 Å². The van der Waals surface area contributed by atoms with Crippen LogP contribution in [0.4, 0.5) is 10.5 Å². The second kappa shape index (κ2) is 34.8. The number of anilines is 1. The van der Waals surface area contributed by atoms with Gasteiger partial charge in [-0.2, -0.15) is 5.10 Å². The van der Waals surface area contributed by atoms with Gasteiger partial charge in [0.15, 0.2) is 21.2 Å². The molecule has 3 aromatic heterocycles. The van der Waals surface area contributed by atoms with E-state index < -0.39 is 76.7 Å². The van der Waals surface area contributed by atoms with Crippen molar-refractivity contribution in [3.8, 4) is 23.0 Å². The Kier molecular flexibility index (Phi) is 27.3. The summed E-state index contributed by atoms with van der Waals surface area (Å²) in [6.45, 7) is 23.1. The largest absolute Gasteiger partial charge is 0.465 e. The van der Waals surface area contributed by atoms with E-state index in [2.05, 4.69) is 58.1 Å². The number of methoxy groups -OCH3 is 1. The minimum Gasteiger partial charge on any atom is -0.465 e. The van der Waals surface area contributed by atoms with Crippen molar-refractivity contribution in [2.24, 2.45) is 29.8 Å². The van der Waals surface area contributed by atoms with Crippen LogP contribution in [0.15, 0.2) is 107 Å². The molecule has 7 aromatic rings. The monoisotopic (exact) mass is 1530 g/mol. The minimum atomic E-state index is -4.48. The summed E-state index contributed by atoms with van der Waals surface area (Å²) in [5, 5.41) is 16.7. The summed E-state index contributed by atoms with van der Waals surface area (Å²) >= 11 is 12.2. The van der Waals surface area contributed by atoms with Crippen molar-refractivity contribution < 1.29 is 78.9 Å². The van der Waals surface area contributed by atoms with Gasteiger partial charge in [-0.1, -0.05) is 79.0 Å². The number of hydrogen-bond acceptors (Lipinski definition) is 24. The lowest BCUT2D eigenvalue weighted by molar-refractivity contribution is -0.148. The number of amides is 1. The first-order valence-corrected chi connectivity index (χ1v) is 37.4. The molecule has 3 aliphatic rings. The predicted molar refractivity (Wildman–Crippen MR) is 389 cm³/mol. The van der Waals surface area contributed by atoms with E-state index in [4.69, 9.17) is 51.7 Å². The van der Waals surface area contributed by atoms with Crippen LogP contribution < -0.4 is 36.0 Å². The highest BCUT2D eigenvalue weighted by Gasteiger charge is 2.50. The number of nitrogens with one attached hydrogen (secondary N) is 2. The molecule has 35 heteroatoms. The van der Waals surface area contributed by atoms with Crippen molar-refractivity contribution in [1.82, 2.24) is 38.2 Å². The zero-order valence-electron chi connectivity index (χ0n) is 60.9. The lowest BCUT2D eigenvalue weighted by atomic mass is 9.91. The summed E-state index contributed by atoms with van der Waals surface area (Å²) in [5.41, 5.74) is 3.34. The number of nitrogens with zero attached hydrogens (tertiary/aromatic N) is 9. The number of carbonyl (C=O) groups excluding carboxylic acids is 6. The van der Waals surface area contributed by atoms with Gasteiger partial charge in [0.05, 0.1) is 85.5 Å². The van der Waals surface area contributed by atoms with Gasteiger partial charge in [0, 0.05) is 55.5 Å². The van der Waals surface area contributed by atoms with Gasteiger partial charge in [-0.25, -0.2) is 64.5 Å². The molecule has 0 radical (unpaired) electrons. The normalized spacial score (nSPS) is 14.8. The molecule has 0 bridgehead atoms. The van der Waals surface area contributed by atoms with Crippen molar-refractivity contribution in [3.05, 3.63) is 159 Å². The summed E-state index contributed by atoms with van der Waals surface area (Å²) < 4.78 is 88.3. The molecule has 0 saturated heterocycles. The number of carbonyl (C=O) groups is 6. The number of H-pyrrole nitrogens is 1. The van der Waals surface area contributed by atoms with E-state index in [-0.39, 0.29) is 71.1 Å². The standard InChI is InChI=1S/C23H32N2O4.C16H18Cl2N2O4.C16H17N3O5S.C15H18N4O7S/c1-7-16-13-15(3)14-17(8-2)18(16)19-20(26)24-9-11-28-12-10-25(24)21(19)29-22(27)23(4,5)6;1-4-23-14(21)12-9-16(3,15(22)24-5-2)20(19-12)13-7-6-10(17)8-11(13)18;1-9-10(15(20)11-8-17-19(2)16(11)21)4-5-13(25(3,22)23)14(9)12-6-7-24-18-12;1-4-9-26-14-16-19(15(22)18(14)2)13(21)17-27(23,24)11-8-6-5-7-10(11)12(20)25-3/h13-14H,7-12H2,1-6H3;6-8H,4-5,9H2,1-3H3;4-5,8,17H,6-7H2,1-3H3;5-8H,4,9H2,1-3H3,(H,17,21). The number of aromatic amines is 1. The average Bonchev–Trinajstić information content (AvgIpc) is 1.76. The summed E-state index contributed by atoms with van der Waals surface area (Å²) in [6, 6.07) is 15.6. The third kappa shape index (κ3) is 18.6. The smallest absolute Gasteiger partial charge is 0.360 e. The molecule has 566 valence electrons. The summed E-state index contributed by atoms with van der Waals surface area (Å²) in [4.78, 5) is 116. The van der Waals surface area contributed by atoms with Crippen LogP contribution in [0.5, 0.6) is 11.9 Å². The number of rotatable bonds is 19. The molecule has 1 unspecified atom stereocenters. The van der Waals surface area contributed by atoms with Crippen LogP contribution >= 0.6 is 23.2 Å². The number of oxime groups is 1. The van der Waals surface area contributed by atoms with E-state index in [0.717, 1.165) is 53.5 Å². The van der Waals surface area contributed by atoms with Crippen LogP contribution in [0.25, 0.3) is 11.1 Å². The average molecular weight is 1540 g/mol. The Balaban J connectivity index is 0.000000196. The Hall–Kier alpha value is -9.96. The van der Waals surface area contributed by atoms with Gasteiger partial charge in [0.25, 0.3) is 21.1 Å². The molecule has 31 nitrogen and oxygen atoms in total. The molecular weight excluding hydrogens is 1450 g/mol. The van der Waals surface area contributed by atoms with Crippen molar-refractivity contribution in [3.63, 3.8) is 0 Å². The van der Waals surface area contributed by atoms with Crippen LogP contribution in [0.3, 0.4) is 0 Å². The van der Waals surface area contributed by atoms with E-state index in [9.17, 15) is 60.0 Å². The molecule has 1 atom stereocenters. The summed E-state index contributed by atoms with van der Waals surface area (Å²) in [5.74, 6) is -2.45. The van der Waals surface area contributed by atoms with E-state index in [1.54, 1.807) is 60.0 Å². The third-order valence-corrected chi connectivity index (χ3v) is 19.5. The van der Waals surface area contributed by atoms with Gasteiger partial charge < -0.3 is 38.4 Å². The first-order valence-electron chi connectivity index (χ1n) is 33.2. The molecule has 6 heterocycles. The van der Waals surface area contributed by atoms with Gasteiger partial charge in [0.2, 0.25) is 5.88 Å². The lowest BCUT2D eigenvalue weighted by Crippen LogP contribution is -2.48. The number of sulfonamides is 1. The molecule has 0 spiro atoms. The molecule has 0 saturated carbocycles. The lowest BCUT2D eigenvalue weighted by Gasteiger charge is -2.32. The number of hydrazone groups is 1. The van der Waals surface area contributed by atoms with E-state index in [1.807, 2.05) is 27.7 Å². The first-order chi connectivity index (χ1) is 49.5. The maximum atomic E-state index is 13.5.